The molecule has 0 amide bonds. The van der Waals surface area contributed by atoms with Crippen molar-refractivity contribution in [3.8, 4) is 11.3 Å². The lowest BCUT2D eigenvalue weighted by atomic mass is 9.79. The van der Waals surface area contributed by atoms with E-state index in [1.165, 1.54) is 31.2 Å². The summed E-state index contributed by atoms with van der Waals surface area (Å²) in [5, 5.41) is 0. The predicted molar refractivity (Wildman–Crippen MR) is 94.0 cm³/mol. The first-order valence-corrected chi connectivity index (χ1v) is 8.92. The highest BCUT2D eigenvalue weighted by Gasteiger charge is 2.20. The third-order valence-electron chi connectivity index (χ3n) is 5.12. The van der Waals surface area contributed by atoms with Crippen molar-refractivity contribution in [1.29, 1.82) is 0 Å². The van der Waals surface area contributed by atoms with Gasteiger partial charge in [-0.15, -0.1) is 0 Å². The van der Waals surface area contributed by atoms with E-state index in [1.54, 1.807) is 6.07 Å². The van der Waals surface area contributed by atoms with Crippen LogP contribution in [0.2, 0.25) is 0 Å². The van der Waals surface area contributed by atoms with Crippen LogP contribution in [0.5, 0.6) is 0 Å². The monoisotopic (exact) mass is 311 g/mol. The first kappa shape index (κ1) is 16.2. The van der Waals surface area contributed by atoms with Crippen molar-refractivity contribution in [3.05, 3.63) is 53.5 Å². The second-order valence-corrected chi connectivity index (χ2v) is 7.00. The summed E-state index contributed by atoms with van der Waals surface area (Å²) in [6.45, 7) is 4.46. The summed E-state index contributed by atoms with van der Waals surface area (Å²) in [5.74, 6) is 1.20. The molecule has 1 heterocycles. The van der Waals surface area contributed by atoms with Gasteiger partial charge in [0, 0.05) is 11.8 Å². The summed E-state index contributed by atoms with van der Waals surface area (Å²) >= 11 is 0. The molecule has 0 bridgehead atoms. The Kier molecular flexibility index (Phi) is 5.09. The number of aryl methyl sites for hydroxylation is 1. The SMILES string of the molecule is CCCc1ccc(-c2ccc(C3CCC(C)CC3)cc2F)nc1. The smallest absolute Gasteiger partial charge is 0.132 e. The third kappa shape index (κ3) is 3.80. The van der Waals surface area contributed by atoms with Crippen LogP contribution < -0.4 is 0 Å². The third-order valence-corrected chi connectivity index (χ3v) is 5.12. The normalized spacial score (nSPS) is 21.3. The number of hydrogen-bond acceptors (Lipinski definition) is 1. The zero-order chi connectivity index (χ0) is 16.2. The van der Waals surface area contributed by atoms with Crippen molar-refractivity contribution >= 4 is 0 Å². The molecule has 1 fully saturated rings. The van der Waals surface area contributed by atoms with Crippen LogP contribution in [0, 0.1) is 11.7 Å². The van der Waals surface area contributed by atoms with Gasteiger partial charge in [-0.2, -0.15) is 0 Å². The molecule has 0 spiro atoms. The largest absolute Gasteiger partial charge is 0.256 e. The molecule has 0 unspecified atom stereocenters. The average molecular weight is 311 g/mol. The summed E-state index contributed by atoms with van der Waals surface area (Å²) in [7, 11) is 0. The fraction of sp³-hybridized carbons (Fsp3) is 0.476. The highest BCUT2D eigenvalue weighted by Crippen LogP contribution is 2.36. The van der Waals surface area contributed by atoms with Crippen LogP contribution in [0.25, 0.3) is 11.3 Å². The summed E-state index contributed by atoms with van der Waals surface area (Å²) < 4.78 is 14.6. The van der Waals surface area contributed by atoms with Crippen LogP contribution in [-0.2, 0) is 6.42 Å². The highest BCUT2D eigenvalue weighted by molar-refractivity contribution is 5.60. The van der Waals surface area contributed by atoms with Gasteiger partial charge in [0.15, 0.2) is 0 Å². The van der Waals surface area contributed by atoms with Gasteiger partial charge in [0.25, 0.3) is 0 Å². The maximum absolute atomic E-state index is 14.6. The van der Waals surface area contributed by atoms with Gasteiger partial charge in [0.1, 0.15) is 5.82 Å². The quantitative estimate of drug-likeness (QED) is 0.661. The summed E-state index contributed by atoms with van der Waals surface area (Å²) in [5.41, 5.74) is 3.71. The molecule has 0 N–H and O–H groups in total. The Morgan fingerprint density at radius 3 is 2.48 bits per heavy atom. The molecule has 0 radical (unpaired) electrons. The van der Waals surface area contributed by atoms with Gasteiger partial charge < -0.3 is 0 Å². The second kappa shape index (κ2) is 7.25. The van der Waals surface area contributed by atoms with Gasteiger partial charge >= 0.3 is 0 Å². The zero-order valence-corrected chi connectivity index (χ0v) is 14.2. The maximum Gasteiger partial charge on any atom is 0.132 e. The number of pyridine rings is 1. The van der Waals surface area contributed by atoms with E-state index in [0.717, 1.165) is 30.0 Å². The lowest BCUT2D eigenvalue weighted by Crippen LogP contribution is -2.11. The van der Waals surface area contributed by atoms with Crippen LogP contribution in [0.1, 0.15) is 63.0 Å². The van der Waals surface area contributed by atoms with Gasteiger partial charge in [-0.25, -0.2) is 4.39 Å². The van der Waals surface area contributed by atoms with Crippen molar-refractivity contribution in [1.82, 2.24) is 4.98 Å². The fourth-order valence-corrected chi connectivity index (χ4v) is 3.61. The van der Waals surface area contributed by atoms with Gasteiger partial charge in [-0.3, -0.25) is 4.98 Å². The molecule has 1 aliphatic rings. The van der Waals surface area contributed by atoms with Gasteiger partial charge in [-0.1, -0.05) is 45.2 Å². The van der Waals surface area contributed by atoms with E-state index in [0.29, 0.717) is 11.5 Å². The molecule has 1 aromatic carbocycles. The van der Waals surface area contributed by atoms with Crippen molar-refractivity contribution in [3.63, 3.8) is 0 Å². The Morgan fingerprint density at radius 1 is 1.09 bits per heavy atom. The van der Waals surface area contributed by atoms with E-state index in [1.807, 2.05) is 18.3 Å². The second-order valence-electron chi connectivity index (χ2n) is 7.00. The Bertz CT molecular complexity index is 639. The Balaban J connectivity index is 1.79. The number of rotatable bonds is 4. The van der Waals surface area contributed by atoms with E-state index in [-0.39, 0.29) is 5.82 Å². The standard InChI is InChI=1S/C21H26FN/c1-3-4-16-7-12-21(23-14-16)19-11-10-18(13-20(19)22)17-8-5-15(2)6-9-17/h7,10-15,17H,3-6,8-9H2,1-2H3. The van der Waals surface area contributed by atoms with Crippen LogP contribution in [0.4, 0.5) is 4.39 Å². The molecule has 3 rings (SSSR count). The van der Waals surface area contributed by atoms with Crippen molar-refractivity contribution in [2.45, 2.75) is 58.3 Å². The number of benzene rings is 1. The number of nitrogens with zero attached hydrogens (tertiary/aromatic N) is 1. The number of hydrogen-bond donors (Lipinski definition) is 0. The lowest BCUT2D eigenvalue weighted by molar-refractivity contribution is 0.347. The fourth-order valence-electron chi connectivity index (χ4n) is 3.61. The minimum atomic E-state index is -0.142. The van der Waals surface area contributed by atoms with Gasteiger partial charge in [-0.05, 0) is 60.4 Å². The molecule has 0 aliphatic heterocycles. The van der Waals surface area contributed by atoms with Gasteiger partial charge in [0.05, 0.1) is 5.69 Å². The topological polar surface area (TPSA) is 12.9 Å². The predicted octanol–water partition coefficient (Wildman–Crippen LogP) is 6.13. The first-order valence-electron chi connectivity index (χ1n) is 8.92. The first-order chi connectivity index (χ1) is 11.2. The lowest BCUT2D eigenvalue weighted by Gasteiger charge is -2.26. The molecule has 1 nitrogen and oxygen atoms in total. The van der Waals surface area contributed by atoms with Crippen LogP contribution in [0.3, 0.4) is 0 Å². The molecule has 122 valence electrons. The van der Waals surface area contributed by atoms with Crippen molar-refractivity contribution < 1.29 is 4.39 Å². The summed E-state index contributed by atoms with van der Waals surface area (Å²) in [6.07, 6.45) is 8.88. The number of aromatic nitrogens is 1. The molecular formula is C21H26FN. The Labute approximate surface area is 139 Å². The minimum absolute atomic E-state index is 0.142. The highest BCUT2D eigenvalue weighted by atomic mass is 19.1. The Morgan fingerprint density at radius 2 is 1.87 bits per heavy atom. The van der Waals surface area contributed by atoms with E-state index < -0.39 is 0 Å². The van der Waals surface area contributed by atoms with E-state index >= 15 is 0 Å². The zero-order valence-electron chi connectivity index (χ0n) is 14.2. The molecule has 1 aliphatic carbocycles. The van der Waals surface area contributed by atoms with E-state index in [9.17, 15) is 4.39 Å². The van der Waals surface area contributed by atoms with Crippen LogP contribution in [-0.4, -0.2) is 4.98 Å². The minimum Gasteiger partial charge on any atom is -0.256 e. The molecule has 23 heavy (non-hydrogen) atoms. The van der Waals surface area contributed by atoms with Gasteiger partial charge in [0.2, 0.25) is 0 Å². The number of halogens is 1. The molecule has 2 aromatic rings. The van der Waals surface area contributed by atoms with E-state index in [2.05, 4.69) is 31.0 Å². The van der Waals surface area contributed by atoms with Crippen molar-refractivity contribution in [2.75, 3.05) is 0 Å². The van der Waals surface area contributed by atoms with Crippen LogP contribution >= 0.6 is 0 Å². The molecule has 0 saturated heterocycles. The van der Waals surface area contributed by atoms with E-state index in [4.69, 9.17) is 0 Å². The molecule has 2 heteroatoms. The molecular weight excluding hydrogens is 285 g/mol. The summed E-state index contributed by atoms with van der Waals surface area (Å²) in [6, 6.07) is 9.73. The molecule has 0 atom stereocenters. The average Bonchev–Trinajstić information content (AvgIpc) is 2.57. The molecule has 1 aromatic heterocycles. The maximum atomic E-state index is 14.6. The summed E-state index contributed by atoms with van der Waals surface area (Å²) in [4.78, 5) is 4.44. The van der Waals surface area contributed by atoms with Crippen molar-refractivity contribution in [2.24, 2.45) is 5.92 Å². The van der Waals surface area contributed by atoms with Crippen LogP contribution in [0.15, 0.2) is 36.5 Å². The molecule has 1 saturated carbocycles. The Hall–Kier alpha value is -1.70.